The number of carbonyl (C=O) groups is 1. The Kier molecular flexibility index (Phi) is 4.34. The normalized spacial score (nSPS) is 14.6. The quantitative estimate of drug-likeness (QED) is 0.878. The lowest BCUT2D eigenvalue weighted by molar-refractivity contribution is -0.143. The number of likely N-dealkylation sites (N-methyl/N-ethyl adjacent to an activating group) is 1. The van der Waals surface area contributed by atoms with Crippen LogP contribution in [0.15, 0.2) is 30.6 Å². The van der Waals surface area contributed by atoms with Gasteiger partial charge in [0.15, 0.2) is 0 Å². The Bertz CT molecular complexity index is 711. The van der Waals surface area contributed by atoms with Crippen molar-refractivity contribution in [3.8, 4) is 5.75 Å². The zero-order chi connectivity index (χ0) is 16.4. The summed E-state index contributed by atoms with van der Waals surface area (Å²) >= 11 is 0. The molecule has 0 radical (unpaired) electrons. The molecule has 0 saturated carbocycles. The molecule has 0 amide bonds. The minimum Gasteiger partial charge on any atom is -0.493 e. The largest absolute Gasteiger partial charge is 0.493 e. The van der Waals surface area contributed by atoms with Crippen molar-refractivity contribution in [2.45, 2.75) is 18.9 Å². The van der Waals surface area contributed by atoms with Gasteiger partial charge in [0.05, 0.1) is 12.8 Å². The molecule has 2 aromatic rings. The lowest BCUT2D eigenvalue weighted by Crippen LogP contribution is -2.32. The van der Waals surface area contributed by atoms with Gasteiger partial charge in [0, 0.05) is 31.8 Å². The highest BCUT2D eigenvalue weighted by molar-refractivity contribution is 5.77. The number of fused-ring (bicyclic) bond motifs is 1. The molecule has 0 saturated heterocycles. The number of aryl methyl sites for hydroxylation is 1. The smallest absolute Gasteiger partial charge is 0.325 e. The van der Waals surface area contributed by atoms with Crippen LogP contribution in [-0.2, 0) is 24.7 Å². The number of para-hydroxylation sites is 1. The first-order chi connectivity index (χ1) is 11.1. The standard InChI is InChI=1S/C17H21N3O3/c1-19(8-6-12-10-18-20(2)11-12)15(17(21)22)14-5-3-4-13-7-9-23-16(13)14/h3-5,10-11,15H,6-9H2,1-2H3,(H,21,22)/t15-/m1/s1. The Morgan fingerprint density at radius 3 is 3.04 bits per heavy atom. The van der Waals surface area contributed by atoms with Crippen molar-refractivity contribution in [1.82, 2.24) is 14.7 Å². The molecule has 1 aliphatic rings. The van der Waals surface area contributed by atoms with Crippen LogP contribution in [0.5, 0.6) is 5.75 Å². The number of hydrogen-bond acceptors (Lipinski definition) is 4. The van der Waals surface area contributed by atoms with Gasteiger partial charge in [-0.05, 0) is 24.6 Å². The van der Waals surface area contributed by atoms with Crippen molar-refractivity contribution in [3.63, 3.8) is 0 Å². The Morgan fingerprint density at radius 1 is 1.52 bits per heavy atom. The predicted octanol–water partition coefficient (Wildman–Crippen LogP) is 1.66. The van der Waals surface area contributed by atoms with Crippen molar-refractivity contribution in [3.05, 3.63) is 47.3 Å². The lowest BCUT2D eigenvalue weighted by atomic mass is 10.0. The second kappa shape index (κ2) is 6.42. The summed E-state index contributed by atoms with van der Waals surface area (Å²) in [6.45, 7) is 1.25. The third-order valence-corrected chi connectivity index (χ3v) is 4.23. The topological polar surface area (TPSA) is 67.6 Å². The average molecular weight is 315 g/mol. The van der Waals surface area contributed by atoms with E-state index in [1.165, 1.54) is 0 Å². The van der Waals surface area contributed by atoms with E-state index >= 15 is 0 Å². The molecule has 0 unspecified atom stereocenters. The summed E-state index contributed by atoms with van der Waals surface area (Å²) in [5.74, 6) is -0.115. The highest BCUT2D eigenvalue weighted by Gasteiger charge is 2.30. The van der Waals surface area contributed by atoms with Crippen molar-refractivity contribution < 1.29 is 14.6 Å². The molecule has 23 heavy (non-hydrogen) atoms. The number of aliphatic carboxylic acids is 1. The van der Waals surface area contributed by atoms with E-state index in [4.69, 9.17) is 4.74 Å². The van der Waals surface area contributed by atoms with Crippen LogP contribution in [0, 0.1) is 0 Å². The van der Waals surface area contributed by atoms with Crippen LogP contribution in [0.1, 0.15) is 22.7 Å². The first-order valence-corrected chi connectivity index (χ1v) is 7.71. The fourth-order valence-corrected chi connectivity index (χ4v) is 3.05. The number of hydrogen-bond donors (Lipinski definition) is 1. The third-order valence-electron chi connectivity index (χ3n) is 4.23. The van der Waals surface area contributed by atoms with E-state index in [0.29, 0.717) is 13.2 Å². The van der Waals surface area contributed by atoms with E-state index in [2.05, 4.69) is 5.10 Å². The van der Waals surface area contributed by atoms with E-state index in [1.54, 1.807) is 4.68 Å². The number of ether oxygens (including phenoxy) is 1. The Balaban J connectivity index is 1.79. The van der Waals surface area contributed by atoms with Crippen molar-refractivity contribution in [1.29, 1.82) is 0 Å². The molecule has 3 rings (SSSR count). The molecule has 0 spiro atoms. The first-order valence-electron chi connectivity index (χ1n) is 7.71. The van der Waals surface area contributed by atoms with Gasteiger partial charge in [-0.3, -0.25) is 14.4 Å². The molecule has 122 valence electrons. The minimum atomic E-state index is -0.859. The molecule has 6 nitrogen and oxygen atoms in total. The zero-order valence-corrected chi connectivity index (χ0v) is 13.4. The van der Waals surface area contributed by atoms with Gasteiger partial charge in [-0.25, -0.2) is 0 Å². The maximum atomic E-state index is 11.8. The van der Waals surface area contributed by atoms with Gasteiger partial charge in [0.25, 0.3) is 0 Å². The SMILES string of the molecule is CN(CCc1cnn(C)c1)[C@@H](C(=O)O)c1cccc2c1OCC2. The van der Waals surface area contributed by atoms with Gasteiger partial charge in [0.2, 0.25) is 0 Å². The molecule has 1 aromatic heterocycles. The summed E-state index contributed by atoms with van der Waals surface area (Å²) in [6, 6.07) is 5.05. The summed E-state index contributed by atoms with van der Waals surface area (Å²) in [4.78, 5) is 13.7. The summed E-state index contributed by atoms with van der Waals surface area (Å²) in [6.07, 6.45) is 5.36. The number of nitrogens with zero attached hydrogens (tertiary/aromatic N) is 3. The molecule has 1 atom stereocenters. The van der Waals surface area contributed by atoms with Crippen LogP contribution < -0.4 is 4.74 Å². The monoisotopic (exact) mass is 315 g/mol. The van der Waals surface area contributed by atoms with Crippen LogP contribution >= 0.6 is 0 Å². The second-order valence-electron chi connectivity index (χ2n) is 5.93. The van der Waals surface area contributed by atoms with E-state index in [0.717, 1.165) is 35.3 Å². The second-order valence-corrected chi connectivity index (χ2v) is 5.93. The highest BCUT2D eigenvalue weighted by atomic mass is 16.5. The summed E-state index contributed by atoms with van der Waals surface area (Å²) in [5.41, 5.74) is 2.92. The van der Waals surface area contributed by atoms with Crippen LogP contribution in [0.4, 0.5) is 0 Å². The zero-order valence-electron chi connectivity index (χ0n) is 13.4. The number of aromatic nitrogens is 2. The van der Waals surface area contributed by atoms with E-state index in [9.17, 15) is 9.90 Å². The van der Waals surface area contributed by atoms with Gasteiger partial charge in [0.1, 0.15) is 11.8 Å². The maximum absolute atomic E-state index is 11.8. The Morgan fingerprint density at radius 2 is 2.35 bits per heavy atom. The fraction of sp³-hybridized carbons (Fsp3) is 0.412. The molecular weight excluding hydrogens is 294 g/mol. The summed E-state index contributed by atoms with van der Waals surface area (Å²) in [5, 5.41) is 13.9. The van der Waals surface area contributed by atoms with Crippen LogP contribution in [-0.4, -0.2) is 46.0 Å². The van der Waals surface area contributed by atoms with Gasteiger partial charge >= 0.3 is 5.97 Å². The maximum Gasteiger partial charge on any atom is 0.325 e. The Hall–Kier alpha value is -2.34. The molecular formula is C17H21N3O3. The van der Waals surface area contributed by atoms with Crippen LogP contribution in [0.25, 0.3) is 0 Å². The van der Waals surface area contributed by atoms with Gasteiger partial charge in [-0.15, -0.1) is 0 Å². The molecule has 0 aliphatic carbocycles. The number of rotatable bonds is 6. The lowest BCUT2D eigenvalue weighted by Gasteiger charge is -2.26. The molecule has 0 bridgehead atoms. The molecule has 0 fully saturated rings. The Labute approximate surface area is 135 Å². The highest BCUT2D eigenvalue weighted by Crippen LogP contribution is 2.35. The first kappa shape index (κ1) is 15.6. The van der Waals surface area contributed by atoms with Crippen molar-refractivity contribution in [2.75, 3.05) is 20.2 Å². The summed E-state index contributed by atoms with van der Waals surface area (Å²) in [7, 11) is 3.71. The van der Waals surface area contributed by atoms with Crippen molar-refractivity contribution in [2.24, 2.45) is 7.05 Å². The van der Waals surface area contributed by atoms with Gasteiger partial charge < -0.3 is 9.84 Å². The summed E-state index contributed by atoms with van der Waals surface area (Å²) < 4.78 is 7.43. The molecule has 1 aliphatic heterocycles. The molecule has 1 aromatic carbocycles. The molecule has 1 N–H and O–H groups in total. The van der Waals surface area contributed by atoms with Crippen molar-refractivity contribution >= 4 is 5.97 Å². The van der Waals surface area contributed by atoms with Crippen LogP contribution in [0.3, 0.4) is 0 Å². The number of carboxylic acid groups (broad SMARTS) is 1. The van der Waals surface area contributed by atoms with E-state index in [-0.39, 0.29) is 0 Å². The average Bonchev–Trinajstić information content (AvgIpc) is 3.14. The third kappa shape index (κ3) is 3.22. The van der Waals surface area contributed by atoms with Crippen LogP contribution in [0.2, 0.25) is 0 Å². The molecule has 6 heteroatoms. The molecule has 2 heterocycles. The van der Waals surface area contributed by atoms with Gasteiger partial charge in [-0.2, -0.15) is 5.10 Å². The number of benzene rings is 1. The van der Waals surface area contributed by atoms with E-state index in [1.807, 2.05) is 49.6 Å². The predicted molar refractivity (Wildman–Crippen MR) is 85.6 cm³/mol. The minimum absolute atomic E-state index is 0.623. The van der Waals surface area contributed by atoms with E-state index < -0.39 is 12.0 Å². The van der Waals surface area contributed by atoms with Gasteiger partial charge in [-0.1, -0.05) is 18.2 Å². The fourth-order valence-electron chi connectivity index (χ4n) is 3.05. The number of carboxylic acids is 1.